The van der Waals surface area contributed by atoms with Crippen molar-refractivity contribution in [1.82, 2.24) is 5.16 Å². The summed E-state index contributed by atoms with van der Waals surface area (Å²) in [6.07, 6.45) is 0.985. The molecule has 1 N–H and O–H groups in total. The Hall–Kier alpha value is -2.39. The maximum Gasteiger partial charge on any atom is 0.231 e. The van der Waals surface area contributed by atoms with Crippen LogP contribution < -0.4 is 9.46 Å². The van der Waals surface area contributed by atoms with Gasteiger partial charge in [-0.05, 0) is 24.3 Å². The van der Waals surface area contributed by atoms with Crippen LogP contribution in [0.15, 0.2) is 34.9 Å². The van der Waals surface area contributed by atoms with Crippen LogP contribution in [0.3, 0.4) is 0 Å². The number of hydrogen-bond acceptors (Lipinski definition) is 5. The zero-order chi connectivity index (χ0) is 18.2. The van der Waals surface area contributed by atoms with Crippen LogP contribution in [0, 0.1) is 11.6 Å². The molecule has 0 atom stereocenters. The van der Waals surface area contributed by atoms with Gasteiger partial charge in [0.05, 0.1) is 11.6 Å². The van der Waals surface area contributed by atoms with E-state index in [4.69, 9.17) is 20.9 Å². The minimum absolute atomic E-state index is 0.0208. The molecule has 0 saturated heterocycles. The van der Waals surface area contributed by atoms with E-state index in [0.717, 1.165) is 18.4 Å². The molecule has 0 saturated carbocycles. The number of rotatable bonds is 5. The molecule has 0 amide bonds. The van der Waals surface area contributed by atoms with Crippen molar-refractivity contribution in [3.8, 4) is 5.75 Å². The fourth-order valence-corrected chi connectivity index (χ4v) is 2.80. The van der Waals surface area contributed by atoms with E-state index in [-0.39, 0.29) is 23.2 Å². The summed E-state index contributed by atoms with van der Waals surface area (Å²) < 4.78 is 61.4. The number of benzene rings is 2. The van der Waals surface area contributed by atoms with Crippen molar-refractivity contribution in [3.63, 3.8) is 0 Å². The molecule has 3 rings (SSSR count). The van der Waals surface area contributed by atoms with Gasteiger partial charge in [-0.3, -0.25) is 4.72 Å². The Bertz CT molecular complexity index is 1050. The van der Waals surface area contributed by atoms with Crippen LogP contribution in [0.4, 0.5) is 14.6 Å². The van der Waals surface area contributed by atoms with E-state index in [1.165, 1.54) is 18.2 Å². The van der Waals surface area contributed by atoms with Gasteiger partial charge in [0, 0.05) is 16.7 Å². The average molecular weight is 389 g/mol. The molecule has 2 aromatic carbocycles. The maximum absolute atomic E-state index is 13.2. The molecule has 25 heavy (non-hydrogen) atoms. The van der Waals surface area contributed by atoms with E-state index in [9.17, 15) is 17.2 Å². The molecule has 0 aliphatic rings. The minimum atomic E-state index is -3.52. The highest BCUT2D eigenvalue weighted by molar-refractivity contribution is 7.92. The van der Waals surface area contributed by atoms with Crippen molar-refractivity contribution >= 4 is 38.4 Å². The molecule has 1 heterocycles. The lowest BCUT2D eigenvalue weighted by molar-refractivity contribution is 0.303. The third kappa shape index (κ3) is 3.99. The van der Waals surface area contributed by atoms with Crippen LogP contribution in [0.2, 0.25) is 5.02 Å². The standard InChI is InChI=1S/C15H11ClF2N2O4S/c1-25(21,22)20-15-10-6-11(16)8(4-14(10)24-19-15)7-23-9-2-3-12(17)13(18)5-9/h2-6H,7H2,1H3,(H,19,20). The Morgan fingerprint density at radius 1 is 1.24 bits per heavy atom. The van der Waals surface area contributed by atoms with E-state index >= 15 is 0 Å². The van der Waals surface area contributed by atoms with Gasteiger partial charge in [-0.25, -0.2) is 17.2 Å². The zero-order valence-electron chi connectivity index (χ0n) is 12.7. The Morgan fingerprint density at radius 3 is 2.68 bits per heavy atom. The summed E-state index contributed by atoms with van der Waals surface area (Å²) in [7, 11) is -3.52. The lowest BCUT2D eigenvalue weighted by Gasteiger charge is -2.08. The maximum atomic E-state index is 13.2. The molecule has 1 aromatic heterocycles. The van der Waals surface area contributed by atoms with Crippen molar-refractivity contribution in [2.24, 2.45) is 0 Å². The predicted octanol–water partition coefficient (Wildman–Crippen LogP) is 3.71. The Morgan fingerprint density at radius 2 is 2.00 bits per heavy atom. The summed E-state index contributed by atoms with van der Waals surface area (Å²) in [6.45, 7) is -0.0324. The van der Waals surface area contributed by atoms with Gasteiger partial charge in [-0.1, -0.05) is 16.8 Å². The normalized spacial score (nSPS) is 11.7. The highest BCUT2D eigenvalue weighted by Gasteiger charge is 2.15. The van der Waals surface area contributed by atoms with Gasteiger partial charge in [0.25, 0.3) is 0 Å². The van der Waals surface area contributed by atoms with Gasteiger partial charge in [0.1, 0.15) is 12.4 Å². The summed E-state index contributed by atoms with van der Waals surface area (Å²) in [4.78, 5) is 0. The van der Waals surface area contributed by atoms with Gasteiger partial charge >= 0.3 is 0 Å². The molecular weight excluding hydrogens is 378 g/mol. The first-order valence-corrected chi connectivity index (χ1v) is 9.13. The van der Waals surface area contributed by atoms with Gasteiger partial charge in [0.2, 0.25) is 10.0 Å². The second-order valence-corrected chi connectivity index (χ2v) is 7.37. The van der Waals surface area contributed by atoms with Gasteiger partial charge in [-0.15, -0.1) is 0 Å². The molecule has 0 aliphatic heterocycles. The summed E-state index contributed by atoms with van der Waals surface area (Å²) in [5.41, 5.74) is 0.792. The van der Waals surface area contributed by atoms with Crippen LogP contribution in [0.25, 0.3) is 11.0 Å². The molecule has 0 radical (unpaired) electrons. The van der Waals surface area contributed by atoms with Crippen molar-refractivity contribution in [3.05, 3.63) is 52.6 Å². The molecule has 6 nitrogen and oxygen atoms in total. The minimum Gasteiger partial charge on any atom is -0.489 e. The Balaban J connectivity index is 1.85. The summed E-state index contributed by atoms with van der Waals surface area (Å²) in [5, 5.41) is 4.30. The van der Waals surface area contributed by atoms with E-state index in [1.807, 2.05) is 0 Å². The number of nitrogens with one attached hydrogen (secondary N) is 1. The first-order valence-electron chi connectivity index (χ1n) is 6.86. The smallest absolute Gasteiger partial charge is 0.231 e. The van der Waals surface area contributed by atoms with Crippen molar-refractivity contribution in [2.75, 3.05) is 11.0 Å². The van der Waals surface area contributed by atoms with Crippen molar-refractivity contribution < 1.29 is 26.5 Å². The number of anilines is 1. The number of halogens is 3. The fraction of sp³-hybridized carbons (Fsp3) is 0.133. The SMILES string of the molecule is CS(=O)(=O)Nc1noc2cc(COc3ccc(F)c(F)c3)c(Cl)cc12. The van der Waals surface area contributed by atoms with E-state index in [2.05, 4.69) is 9.88 Å². The van der Waals surface area contributed by atoms with Crippen LogP contribution >= 0.6 is 11.6 Å². The molecule has 0 spiro atoms. The molecular formula is C15H11ClF2N2O4S. The second kappa shape index (κ2) is 6.49. The van der Waals surface area contributed by atoms with Crippen LogP contribution in [-0.2, 0) is 16.6 Å². The largest absolute Gasteiger partial charge is 0.489 e. The third-order valence-corrected chi connectivity index (χ3v) is 4.12. The predicted molar refractivity (Wildman–Crippen MR) is 88.2 cm³/mol. The fourth-order valence-electron chi connectivity index (χ4n) is 2.09. The lowest BCUT2D eigenvalue weighted by Crippen LogP contribution is -2.09. The number of fused-ring (bicyclic) bond motifs is 1. The molecule has 3 aromatic rings. The molecule has 0 aliphatic carbocycles. The monoisotopic (exact) mass is 388 g/mol. The topological polar surface area (TPSA) is 81.4 Å². The van der Waals surface area contributed by atoms with E-state index in [0.29, 0.717) is 16.5 Å². The Labute approximate surface area is 146 Å². The highest BCUT2D eigenvalue weighted by Crippen LogP contribution is 2.30. The van der Waals surface area contributed by atoms with Gasteiger partial charge in [-0.2, -0.15) is 0 Å². The quantitative estimate of drug-likeness (QED) is 0.720. The van der Waals surface area contributed by atoms with Crippen molar-refractivity contribution in [2.45, 2.75) is 6.61 Å². The molecule has 10 heteroatoms. The number of aromatic nitrogens is 1. The molecule has 132 valence electrons. The first-order chi connectivity index (χ1) is 11.7. The van der Waals surface area contributed by atoms with E-state index < -0.39 is 21.7 Å². The van der Waals surface area contributed by atoms with Gasteiger partial charge < -0.3 is 9.26 Å². The zero-order valence-corrected chi connectivity index (χ0v) is 14.3. The molecule has 0 bridgehead atoms. The van der Waals surface area contributed by atoms with Crippen LogP contribution in [0.5, 0.6) is 5.75 Å². The van der Waals surface area contributed by atoms with Crippen LogP contribution in [-0.4, -0.2) is 19.8 Å². The number of hydrogen-bond donors (Lipinski definition) is 1. The van der Waals surface area contributed by atoms with Gasteiger partial charge in [0.15, 0.2) is 23.0 Å². The number of ether oxygens (including phenoxy) is 1. The molecule has 0 fully saturated rings. The second-order valence-electron chi connectivity index (χ2n) is 5.21. The summed E-state index contributed by atoms with van der Waals surface area (Å²) in [6, 6.07) is 6.16. The summed E-state index contributed by atoms with van der Waals surface area (Å²) in [5.74, 6) is -1.84. The van der Waals surface area contributed by atoms with Crippen molar-refractivity contribution in [1.29, 1.82) is 0 Å². The summed E-state index contributed by atoms with van der Waals surface area (Å²) >= 11 is 6.17. The highest BCUT2D eigenvalue weighted by atomic mass is 35.5. The average Bonchev–Trinajstić information content (AvgIpc) is 2.88. The van der Waals surface area contributed by atoms with E-state index in [1.54, 1.807) is 0 Å². The first kappa shape index (κ1) is 17.4. The Kier molecular flexibility index (Phi) is 4.53. The van der Waals surface area contributed by atoms with Crippen LogP contribution in [0.1, 0.15) is 5.56 Å². The number of sulfonamides is 1. The number of nitrogens with zero attached hydrogens (tertiary/aromatic N) is 1. The lowest BCUT2D eigenvalue weighted by atomic mass is 10.2. The third-order valence-electron chi connectivity index (χ3n) is 3.21. The molecule has 0 unspecified atom stereocenters.